The summed E-state index contributed by atoms with van der Waals surface area (Å²) in [6, 6.07) is 22.7. The maximum Gasteiger partial charge on any atom is 0.205 e. The highest BCUT2D eigenvalue weighted by Gasteiger charge is 2.09. The molecule has 0 spiro atoms. The third-order valence-electron chi connectivity index (χ3n) is 4.29. The smallest absolute Gasteiger partial charge is 0.205 e. The van der Waals surface area contributed by atoms with Crippen LogP contribution in [0.2, 0.25) is 0 Å². The average molecular weight is 373 g/mol. The molecule has 1 aromatic heterocycles. The Balaban J connectivity index is 1.48. The third kappa shape index (κ3) is 4.02. The number of hydrogen-bond acceptors (Lipinski definition) is 5. The van der Waals surface area contributed by atoms with Crippen molar-refractivity contribution in [1.82, 2.24) is 9.97 Å². The molecule has 0 saturated carbocycles. The highest BCUT2D eigenvalue weighted by atomic mass is 16.5. The molecule has 0 amide bonds. The van der Waals surface area contributed by atoms with Crippen molar-refractivity contribution in [1.29, 1.82) is 0 Å². The Morgan fingerprint density at radius 2 is 1.89 bits per heavy atom. The minimum atomic E-state index is -0.513. The van der Waals surface area contributed by atoms with Gasteiger partial charge in [0, 0.05) is 17.3 Å². The van der Waals surface area contributed by atoms with E-state index in [-0.39, 0.29) is 5.78 Å². The Bertz CT molecular complexity index is 1110. The van der Waals surface area contributed by atoms with Gasteiger partial charge in [-0.25, -0.2) is 4.98 Å². The lowest BCUT2D eigenvalue weighted by atomic mass is 10.1. The summed E-state index contributed by atoms with van der Waals surface area (Å²) in [5.74, 6) is 0.985. The number of fused-ring (bicyclic) bond motifs is 1. The van der Waals surface area contributed by atoms with E-state index in [1.807, 2.05) is 54.6 Å². The van der Waals surface area contributed by atoms with E-state index in [9.17, 15) is 4.79 Å². The number of aliphatic hydroxyl groups is 1. The number of ketones is 1. The zero-order valence-electron chi connectivity index (χ0n) is 15.1. The number of carbonyl (C=O) groups excluding carboxylic acids is 1. The minimum Gasteiger partial charge on any atom is -0.489 e. The zero-order chi connectivity index (χ0) is 19.3. The van der Waals surface area contributed by atoms with E-state index in [2.05, 4.69) is 15.3 Å². The molecule has 3 N–H and O–H groups in total. The molecule has 0 unspecified atom stereocenters. The van der Waals surface area contributed by atoms with E-state index in [4.69, 9.17) is 9.84 Å². The molecular weight excluding hydrogens is 354 g/mol. The summed E-state index contributed by atoms with van der Waals surface area (Å²) >= 11 is 0. The summed E-state index contributed by atoms with van der Waals surface area (Å²) in [5.41, 5.74) is 3.83. The number of aromatic nitrogens is 2. The van der Waals surface area contributed by atoms with Crippen molar-refractivity contribution in [3.05, 3.63) is 83.9 Å². The van der Waals surface area contributed by atoms with Crippen LogP contribution in [0, 0.1) is 0 Å². The van der Waals surface area contributed by atoms with Crippen molar-refractivity contribution in [2.24, 2.45) is 0 Å². The van der Waals surface area contributed by atoms with Gasteiger partial charge in [-0.1, -0.05) is 36.4 Å². The number of carbonyl (C=O) groups is 1. The van der Waals surface area contributed by atoms with Gasteiger partial charge in [0.1, 0.15) is 19.0 Å². The second-order valence-electron chi connectivity index (χ2n) is 6.33. The number of imidazole rings is 1. The van der Waals surface area contributed by atoms with Gasteiger partial charge in [0.2, 0.25) is 5.95 Å². The molecule has 140 valence electrons. The summed E-state index contributed by atoms with van der Waals surface area (Å²) in [6.45, 7) is -0.0167. The van der Waals surface area contributed by atoms with Crippen LogP contribution in [0.4, 0.5) is 11.6 Å². The molecule has 0 fully saturated rings. The number of rotatable bonds is 7. The number of nitrogens with one attached hydrogen (secondary N) is 2. The van der Waals surface area contributed by atoms with Gasteiger partial charge in [0.25, 0.3) is 0 Å². The van der Waals surface area contributed by atoms with Crippen LogP contribution in [-0.2, 0) is 6.61 Å². The minimum absolute atomic E-state index is 0.325. The zero-order valence-corrected chi connectivity index (χ0v) is 15.1. The predicted octanol–water partition coefficient (Wildman–Crippen LogP) is 4.06. The second-order valence-corrected chi connectivity index (χ2v) is 6.33. The van der Waals surface area contributed by atoms with Crippen LogP contribution in [0.3, 0.4) is 0 Å². The number of aromatic amines is 1. The molecule has 0 aliphatic carbocycles. The van der Waals surface area contributed by atoms with Gasteiger partial charge in [-0.3, -0.25) is 4.79 Å². The van der Waals surface area contributed by atoms with Crippen molar-refractivity contribution in [2.75, 3.05) is 11.9 Å². The van der Waals surface area contributed by atoms with E-state index < -0.39 is 6.61 Å². The van der Waals surface area contributed by atoms with Crippen molar-refractivity contribution in [3.8, 4) is 5.75 Å². The van der Waals surface area contributed by atoms with Gasteiger partial charge in [-0.05, 0) is 35.9 Å². The fourth-order valence-corrected chi connectivity index (χ4v) is 2.87. The number of Topliss-reactive ketones (excluding diaryl/α,β-unsaturated/α-hetero) is 1. The lowest BCUT2D eigenvalue weighted by molar-refractivity contribution is 0.0904. The molecule has 3 aromatic carbocycles. The van der Waals surface area contributed by atoms with Gasteiger partial charge >= 0.3 is 0 Å². The van der Waals surface area contributed by atoms with Crippen molar-refractivity contribution >= 4 is 28.5 Å². The number of H-pyrrole nitrogens is 1. The fourth-order valence-electron chi connectivity index (χ4n) is 2.87. The molecular formula is C22H19N3O3. The van der Waals surface area contributed by atoms with E-state index in [1.54, 1.807) is 18.2 Å². The van der Waals surface area contributed by atoms with Gasteiger partial charge in [-0.15, -0.1) is 0 Å². The van der Waals surface area contributed by atoms with Gasteiger partial charge in [-0.2, -0.15) is 0 Å². The molecule has 0 radical (unpaired) electrons. The van der Waals surface area contributed by atoms with E-state index in [0.29, 0.717) is 18.1 Å². The first kappa shape index (κ1) is 17.8. The van der Waals surface area contributed by atoms with Crippen LogP contribution in [0.25, 0.3) is 11.0 Å². The van der Waals surface area contributed by atoms with Crippen molar-refractivity contribution in [3.63, 3.8) is 0 Å². The summed E-state index contributed by atoms with van der Waals surface area (Å²) in [4.78, 5) is 19.3. The Kier molecular flexibility index (Phi) is 5.03. The Morgan fingerprint density at radius 1 is 1.04 bits per heavy atom. The predicted molar refractivity (Wildman–Crippen MR) is 108 cm³/mol. The van der Waals surface area contributed by atoms with E-state index in [0.717, 1.165) is 28.0 Å². The lowest BCUT2D eigenvalue weighted by Gasteiger charge is -2.08. The first-order chi connectivity index (χ1) is 13.7. The van der Waals surface area contributed by atoms with Crippen LogP contribution in [0.1, 0.15) is 15.9 Å². The maximum absolute atomic E-state index is 11.6. The first-order valence-corrected chi connectivity index (χ1v) is 8.89. The molecule has 6 heteroatoms. The Hall–Kier alpha value is -3.64. The normalized spacial score (nSPS) is 10.8. The highest BCUT2D eigenvalue weighted by molar-refractivity contribution is 5.99. The summed E-state index contributed by atoms with van der Waals surface area (Å²) in [5, 5.41) is 12.2. The van der Waals surface area contributed by atoms with Crippen LogP contribution in [-0.4, -0.2) is 27.5 Å². The van der Waals surface area contributed by atoms with Gasteiger partial charge in [0.15, 0.2) is 5.78 Å². The first-order valence-electron chi connectivity index (χ1n) is 8.89. The van der Waals surface area contributed by atoms with Crippen LogP contribution in [0.5, 0.6) is 5.75 Å². The second kappa shape index (κ2) is 7.94. The molecule has 0 aliphatic rings. The number of hydrogen-bond donors (Lipinski definition) is 3. The molecule has 0 aliphatic heterocycles. The number of anilines is 2. The lowest BCUT2D eigenvalue weighted by Crippen LogP contribution is -2.03. The quantitative estimate of drug-likeness (QED) is 0.425. The number of nitrogens with zero attached hydrogens (tertiary/aromatic N) is 1. The average Bonchev–Trinajstić information content (AvgIpc) is 3.14. The fraction of sp³-hybridized carbons (Fsp3) is 0.0909. The molecule has 0 bridgehead atoms. The molecule has 0 saturated heterocycles. The molecule has 0 atom stereocenters. The van der Waals surface area contributed by atoms with Crippen LogP contribution >= 0.6 is 0 Å². The van der Waals surface area contributed by atoms with Crippen LogP contribution < -0.4 is 10.1 Å². The number of benzene rings is 3. The molecule has 1 heterocycles. The molecule has 6 nitrogen and oxygen atoms in total. The van der Waals surface area contributed by atoms with Gasteiger partial charge < -0.3 is 20.1 Å². The molecule has 4 rings (SSSR count). The van der Waals surface area contributed by atoms with E-state index in [1.165, 1.54) is 0 Å². The number of aliphatic hydroxyl groups excluding tert-OH is 1. The largest absolute Gasteiger partial charge is 0.489 e. The van der Waals surface area contributed by atoms with Crippen molar-refractivity contribution < 1.29 is 14.6 Å². The maximum atomic E-state index is 11.6. The summed E-state index contributed by atoms with van der Waals surface area (Å²) in [7, 11) is 0. The highest BCUT2D eigenvalue weighted by Crippen LogP contribution is 2.23. The topological polar surface area (TPSA) is 87.2 Å². The van der Waals surface area contributed by atoms with E-state index >= 15 is 0 Å². The standard InChI is InChI=1S/C22H19N3O3/c26-13-21(27)16-9-10-19-20(11-16)25-22(24-19)23-17-7-4-8-18(12-17)28-14-15-5-2-1-3-6-15/h1-12,26H,13-14H2,(H2,23,24,25). The summed E-state index contributed by atoms with van der Waals surface area (Å²) < 4.78 is 5.85. The van der Waals surface area contributed by atoms with Gasteiger partial charge in [0.05, 0.1) is 11.0 Å². The monoisotopic (exact) mass is 373 g/mol. The molecule has 28 heavy (non-hydrogen) atoms. The molecule has 4 aromatic rings. The summed E-state index contributed by atoms with van der Waals surface area (Å²) in [6.07, 6.45) is 0. The van der Waals surface area contributed by atoms with Crippen molar-refractivity contribution in [2.45, 2.75) is 6.61 Å². The third-order valence-corrected chi connectivity index (χ3v) is 4.29. The number of ether oxygens (including phenoxy) is 1. The SMILES string of the molecule is O=C(CO)c1ccc2nc(Nc3cccc(OCc4ccccc4)c3)[nH]c2c1. The van der Waals surface area contributed by atoms with Crippen LogP contribution in [0.15, 0.2) is 72.8 Å². The Labute approximate surface area is 161 Å². The Morgan fingerprint density at radius 3 is 2.71 bits per heavy atom.